The molecule has 0 bridgehead atoms. The predicted octanol–water partition coefficient (Wildman–Crippen LogP) is 3.73. The lowest BCUT2D eigenvalue weighted by Gasteiger charge is -2.14. The maximum Gasteiger partial charge on any atom is 0.233 e. The number of methoxy groups -OCH3 is 1. The van der Waals surface area contributed by atoms with Gasteiger partial charge < -0.3 is 10.1 Å². The van der Waals surface area contributed by atoms with Crippen LogP contribution in [0.15, 0.2) is 72.4 Å². The Kier molecular flexibility index (Phi) is 6.49. The predicted molar refractivity (Wildman–Crippen MR) is 112 cm³/mol. The number of ether oxygens (including phenoxy) is 1. The van der Waals surface area contributed by atoms with Crippen LogP contribution in [0.3, 0.4) is 0 Å². The van der Waals surface area contributed by atoms with Gasteiger partial charge in [0.05, 0.1) is 12.4 Å². The number of hydrogen-bond donors (Lipinski definition) is 1. The molecule has 2 aromatic carbocycles. The van der Waals surface area contributed by atoms with Crippen molar-refractivity contribution in [3.63, 3.8) is 0 Å². The lowest BCUT2D eigenvalue weighted by atomic mass is 10.2. The van der Waals surface area contributed by atoms with Crippen molar-refractivity contribution in [3.8, 4) is 22.8 Å². The van der Waals surface area contributed by atoms with Gasteiger partial charge in [0.25, 0.3) is 0 Å². The normalized spacial score (nSPS) is 11.6. The quantitative estimate of drug-likeness (QED) is 0.466. The zero-order valence-corrected chi connectivity index (χ0v) is 16.6. The Hall–Kier alpha value is -3.06. The van der Waals surface area contributed by atoms with Crippen LogP contribution >= 0.6 is 11.8 Å². The topological polar surface area (TPSA) is 69.0 Å². The van der Waals surface area contributed by atoms with Crippen molar-refractivity contribution in [1.29, 1.82) is 0 Å². The highest BCUT2D eigenvalue weighted by Crippen LogP contribution is 2.30. The highest BCUT2D eigenvalue weighted by Gasteiger charge is 2.21. The molecule has 7 heteroatoms. The van der Waals surface area contributed by atoms with Crippen LogP contribution in [-0.4, -0.2) is 39.6 Å². The zero-order valence-electron chi connectivity index (χ0n) is 15.8. The number of hydrogen-bond acceptors (Lipinski definition) is 5. The van der Waals surface area contributed by atoms with Crippen molar-refractivity contribution in [1.82, 2.24) is 20.1 Å². The van der Waals surface area contributed by atoms with E-state index in [1.165, 1.54) is 11.8 Å². The molecule has 0 saturated carbocycles. The number of thioether (sulfide) groups is 1. The summed E-state index contributed by atoms with van der Waals surface area (Å²) in [5.41, 5.74) is 1.84. The minimum atomic E-state index is -0.329. The van der Waals surface area contributed by atoms with Gasteiger partial charge >= 0.3 is 0 Å². The fourth-order valence-electron chi connectivity index (χ4n) is 2.61. The first-order valence-corrected chi connectivity index (χ1v) is 9.72. The van der Waals surface area contributed by atoms with E-state index >= 15 is 0 Å². The fourth-order valence-corrected chi connectivity index (χ4v) is 3.50. The Bertz CT molecular complexity index is 939. The second kappa shape index (κ2) is 9.23. The van der Waals surface area contributed by atoms with Crippen molar-refractivity contribution in [3.05, 3.63) is 67.3 Å². The summed E-state index contributed by atoms with van der Waals surface area (Å²) in [6, 6.07) is 17.5. The van der Waals surface area contributed by atoms with Gasteiger partial charge in [-0.1, -0.05) is 48.2 Å². The van der Waals surface area contributed by atoms with E-state index < -0.39 is 0 Å². The van der Waals surface area contributed by atoms with Crippen LogP contribution in [0.2, 0.25) is 0 Å². The maximum absolute atomic E-state index is 12.3. The molecule has 1 atom stereocenters. The highest BCUT2D eigenvalue weighted by atomic mass is 32.2. The molecular formula is C21H22N4O2S. The minimum absolute atomic E-state index is 0.0737. The molecular weight excluding hydrogens is 372 g/mol. The number of benzene rings is 2. The molecule has 1 aromatic heterocycles. The van der Waals surface area contributed by atoms with E-state index in [1.807, 2.05) is 66.1 Å². The molecule has 0 saturated heterocycles. The average molecular weight is 395 g/mol. The van der Waals surface area contributed by atoms with Crippen LogP contribution in [-0.2, 0) is 4.79 Å². The van der Waals surface area contributed by atoms with Crippen molar-refractivity contribution in [2.45, 2.75) is 17.3 Å². The SMILES string of the molecule is C=CCNC(=O)C(C)Sc1nnc(-c2ccccc2)n1-c1ccc(OC)cc1. The first-order chi connectivity index (χ1) is 13.6. The lowest BCUT2D eigenvalue weighted by molar-refractivity contribution is -0.120. The third kappa shape index (κ3) is 4.43. The van der Waals surface area contributed by atoms with Gasteiger partial charge in [-0.3, -0.25) is 9.36 Å². The minimum Gasteiger partial charge on any atom is -0.497 e. The fraction of sp³-hybridized carbons (Fsp3) is 0.190. The molecule has 0 aliphatic heterocycles. The Morgan fingerprint density at radius 3 is 2.57 bits per heavy atom. The number of rotatable bonds is 8. The van der Waals surface area contributed by atoms with E-state index in [9.17, 15) is 4.79 Å². The summed E-state index contributed by atoms with van der Waals surface area (Å²) >= 11 is 1.36. The van der Waals surface area contributed by atoms with Crippen molar-refractivity contribution in [2.75, 3.05) is 13.7 Å². The number of amides is 1. The molecule has 0 aliphatic rings. The number of carbonyl (C=O) groups is 1. The molecule has 0 aliphatic carbocycles. The van der Waals surface area contributed by atoms with E-state index in [1.54, 1.807) is 13.2 Å². The molecule has 0 spiro atoms. The molecule has 144 valence electrons. The Morgan fingerprint density at radius 1 is 1.21 bits per heavy atom. The molecule has 0 fully saturated rings. The molecule has 28 heavy (non-hydrogen) atoms. The molecule has 1 N–H and O–H groups in total. The van der Waals surface area contributed by atoms with E-state index in [0.29, 0.717) is 17.5 Å². The second-order valence-corrected chi connectivity index (χ2v) is 7.31. The van der Waals surface area contributed by atoms with Gasteiger partial charge in [-0.15, -0.1) is 16.8 Å². The van der Waals surface area contributed by atoms with Gasteiger partial charge in [0.1, 0.15) is 5.75 Å². The van der Waals surface area contributed by atoms with E-state index in [4.69, 9.17) is 4.74 Å². The molecule has 1 unspecified atom stereocenters. The number of aromatic nitrogens is 3. The molecule has 6 nitrogen and oxygen atoms in total. The summed E-state index contributed by atoms with van der Waals surface area (Å²) in [6.07, 6.45) is 1.66. The van der Waals surface area contributed by atoms with Crippen LogP contribution in [0.25, 0.3) is 17.1 Å². The maximum atomic E-state index is 12.3. The van der Waals surface area contributed by atoms with Crippen LogP contribution < -0.4 is 10.1 Å². The van der Waals surface area contributed by atoms with Crippen LogP contribution in [0.1, 0.15) is 6.92 Å². The first-order valence-electron chi connectivity index (χ1n) is 8.84. The Balaban J connectivity index is 1.99. The summed E-state index contributed by atoms with van der Waals surface area (Å²) in [7, 11) is 1.63. The summed E-state index contributed by atoms with van der Waals surface area (Å²) in [5, 5.41) is 11.9. The number of nitrogens with one attached hydrogen (secondary N) is 1. The molecule has 3 aromatic rings. The second-order valence-electron chi connectivity index (χ2n) is 6.00. The van der Waals surface area contributed by atoms with Gasteiger partial charge in [0.15, 0.2) is 11.0 Å². The third-order valence-electron chi connectivity index (χ3n) is 4.07. The standard InChI is InChI=1S/C21H22N4O2S/c1-4-14-22-20(26)15(2)28-21-24-23-19(16-8-6-5-7-9-16)25(21)17-10-12-18(27-3)13-11-17/h4-13,15H,1,14H2,2-3H3,(H,22,26). The van der Waals surface area contributed by atoms with Crippen molar-refractivity contribution in [2.24, 2.45) is 0 Å². The summed E-state index contributed by atoms with van der Waals surface area (Å²) in [6.45, 7) is 5.90. The molecule has 3 rings (SSSR count). The summed E-state index contributed by atoms with van der Waals surface area (Å²) in [5.74, 6) is 1.41. The van der Waals surface area contributed by atoms with E-state index in [0.717, 1.165) is 17.0 Å². The average Bonchev–Trinajstić information content (AvgIpc) is 3.16. The summed E-state index contributed by atoms with van der Waals surface area (Å²) < 4.78 is 7.21. The Labute approximate surface area is 168 Å². The van der Waals surface area contributed by atoms with Gasteiger partial charge in [-0.05, 0) is 31.2 Å². The lowest BCUT2D eigenvalue weighted by Crippen LogP contribution is -2.31. The number of carbonyl (C=O) groups excluding carboxylic acids is 1. The van der Waals surface area contributed by atoms with Gasteiger partial charge in [0, 0.05) is 17.8 Å². The van der Waals surface area contributed by atoms with Crippen molar-refractivity contribution >= 4 is 17.7 Å². The van der Waals surface area contributed by atoms with Crippen LogP contribution in [0.5, 0.6) is 5.75 Å². The highest BCUT2D eigenvalue weighted by molar-refractivity contribution is 8.00. The van der Waals surface area contributed by atoms with Gasteiger partial charge in [0.2, 0.25) is 5.91 Å². The third-order valence-corrected chi connectivity index (χ3v) is 5.11. The van der Waals surface area contributed by atoms with Crippen LogP contribution in [0, 0.1) is 0 Å². The van der Waals surface area contributed by atoms with E-state index in [2.05, 4.69) is 22.1 Å². The van der Waals surface area contributed by atoms with Crippen molar-refractivity contribution < 1.29 is 9.53 Å². The monoisotopic (exact) mass is 394 g/mol. The number of nitrogens with zero attached hydrogens (tertiary/aromatic N) is 3. The van der Waals surface area contributed by atoms with Crippen LogP contribution in [0.4, 0.5) is 0 Å². The molecule has 1 amide bonds. The van der Waals surface area contributed by atoms with Gasteiger partial charge in [-0.25, -0.2) is 0 Å². The zero-order chi connectivity index (χ0) is 19.9. The smallest absolute Gasteiger partial charge is 0.233 e. The molecule has 0 radical (unpaired) electrons. The molecule has 1 heterocycles. The largest absolute Gasteiger partial charge is 0.497 e. The summed E-state index contributed by atoms with van der Waals surface area (Å²) in [4.78, 5) is 12.3. The van der Waals surface area contributed by atoms with E-state index in [-0.39, 0.29) is 11.2 Å². The van der Waals surface area contributed by atoms with Gasteiger partial charge in [-0.2, -0.15) is 0 Å². The Morgan fingerprint density at radius 2 is 1.93 bits per heavy atom. The first kappa shape index (κ1) is 19.7.